The number of carbonyl (C=O) groups is 4. The van der Waals surface area contributed by atoms with Gasteiger partial charge in [-0.3, -0.25) is 14.4 Å². The average molecular weight is 580 g/mol. The summed E-state index contributed by atoms with van der Waals surface area (Å²) in [5.41, 5.74) is 6.57. The molecule has 1 aromatic rings. The quantitative estimate of drug-likeness (QED) is 0.174. The van der Waals surface area contributed by atoms with E-state index < -0.39 is 54.0 Å². The molecule has 0 radical (unpaired) electrons. The molecule has 0 saturated carbocycles. The molecule has 0 saturated heterocycles. The first kappa shape index (κ1) is 35.9. The minimum absolute atomic E-state index is 0.0129. The molecule has 10 heteroatoms. The number of hydrogen-bond donors (Lipinski definition) is 2. The number of esters is 2. The standard InChI is InChI=1S/C31H49NO9/c1-10-12-18(5)29(35)40-24-15-14-23(16-25(24)41-30(36)19(6)13-11-2)26(27(32)28(33)34)20(7)22(9)39-31(37)38-21(8)17(3)4/h14-22,26-27H,10-13,32H2,1-9H3,(H,33,34)/t18?,19?,20?,21?,22?,26?,27-/m0/s1. The third-order valence-corrected chi connectivity index (χ3v) is 7.50. The van der Waals surface area contributed by atoms with Crippen molar-refractivity contribution in [3.05, 3.63) is 23.8 Å². The Morgan fingerprint density at radius 1 is 0.780 bits per heavy atom. The van der Waals surface area contributed by atoms with E-state index in [4.69, 9.17) is 24.7 Å². The highest BCUT2D eigenvalue weighted by Crippen LogP contribution is 2.38. The molecule has 0 aliphatic rings. The van der Waals surface area contributed by atoms with E-state index in [9.17, 15) is 24.3 Å². The molecule has 41 heavy (non-hydrogen) atoms. The van der Waals surface area contributed by atoms with Gasteiger partial charge in [0.2, 0.25) is 0 Å². The summed E-state index contributed by atoms with van der Waals surface area (Å²) in [6.45, 7) is 16.3. The second kappa shape index (κ2) is 17.0. The monoisotopic (exact) mass is 579 g/mol. The summed E-state index contributed by atoms with van der Waals surface area (Å²) in [6, 6.07) is 3.13. The lowest BCUT2D eigenvalue weighted by atomic mass is 9.79. The molecular formula is C31H49NO9. The van der Waals surface area contributed by atoms with Gasteiger partial charge in [0, 0.05) is 11.8 Å². The van der Waals surface area contributed by atoms with Crippen LogP contribution >= 0.6 is 0 Å². The molecule has 1 rings (SSSR count). The van der Waals surface area contributed by atoms with E-state index in [0.29, 0.717) is 18.4 Å². The van der Waals surface area contributed by atoms with Crippen molar-refractivity contribution >= 4 is 24.1 Å². The fourth-order valence-electron chi connectivity index (χ4n) is 4.27. The van der Waals surface area contributed by atoms with E-state index >= 15 is 0 Å². The molecule has 0 aliphatic carbocycles. The third-order valence-electron chi connectivity index (χ3n) is 7.50. The van der Waals surface area contributed by atoms with Gasteiger partial charge < -0.3 is 29.8 Å². The average Bonchev–Trinajstić information content (AvgIpc) is 2.89. The number of hydrogen-bond acceptors (Lipinski definition) is 9. The smallest absolute Gasteiger partial charge is 0.480 e. The van der Waals surface area contributed by atoms with Crippen LogP contribution in [0.3, 0.4) is 0 Å². The Morgan fingerprint density at radius 3 is 1.73 bits per heavy atom. The van der Waals surface area contributed by atoms with Gasteiger partial charge in [-0.25, -0.2) is 4.79 Å². The zero-order valence-electron chi connectivity index (χ0n) is 26.0. The van der Waals surface area contributed by atoms with Gasteiger partial charge in [0.1, 0.15) is 18.2 Å². The Balaban J connectivity index is 3.46. The van der Waals surface area contributed by atoms with Gasteiger partial charge >= 0.3 is 24.1 Å². The number of rotatable bonds is 16. The predicted octanol–water partition coefficient (Wildman–Crippen LogP) is 6.09. The third kappa shape index (κ3) is 11.0. The summed E-state index contributed by atoms with van der Waals surface area (Å²) in [7, 11) is 0. The molecule has 0 bridgehead atoms. The first-order valence-corrected chi connectivity index (χ1v) is 14.6. The molecule has 3 N–H and O–H groups in total. The first-order valence-electron chi connectivity index (χ1n) is 14.6. The minimum Gasteiger partial charge on any atom is -0.480 e. The Morgan fingerprint density at radius 2 is 1.27 bits per heavy atom. The van der Waals surface area contributed by atoms with Crippen molar-refractivity contribution < 1.29 is 43.2 Å². The Kier molecular flexibility index (Phi) is 14.8. The van der Waals surface area contributed by atoms with Crippen LogP contribution in [-0.4, -0.2) is 47.4 Å². The fourth-order valence-corrected chi connectivity index (χ4v) is 4.27. The van der Waals surface area contributed by atoms with Crippen LogP contribution in [0.4, 0.5) is 4.79 Å². The predicted molar refractivity (Wildman–Crippen MR) is 155 cm³/mol. The fraction of sp³-hybridized carbons (Fsp3) is 0.677. The van der Waals surface area contributed by atoms with E-state index in [-0.39, 0.29) is 29.4 Å². The van der Waals surface area contributed by atoms with Gasteiger partial charge in [-0.1, -0.05) is 67.4 Å². The van der Waals surface area contributed by atoms with Crippen molar-refractivity contribution in [2.24, 2.45) is 29.4 Å². The summed E-state index contributed by atoms with van der Waals surface area (Å²) in [5.74, 6) is -4.36. The number of benzene rings is 1. The van der Waals surface area contributed by atoms with E-state index in [0.717, 1.165) is 12.8 Å². The summed E-state index contributed by atoms with van der Waals surface area (Å²) in [4.78, 5) is 50.0. The van der Waals surface area contributed by atoms with Crippen molar-refractivity contribution in [3.8, 4) is 11.5 Å². The molecule has 0 heterocycles. The number of ether oxygens (including phenoxy) is 4. The number of carbonyl (C=O) groups excluding carboxylic acids is 3. The van der Waals surface area contributed by atoms with E-state index in [1.165, 1.54) is 12.1 Å². The maximum atomic E-state index is 12.8. The van der Waals surface area contributed by atoms with Crippen LogP contribution in [-0.2, 0) is 23.9 Å². The topological polar surface area (TPSA) is 151 Å². The van der Waals surface area contributed by atoms with Crippen LogP contribution in [0.2, 0.25) is 0 Å². The molecule has 0 spiro atoms. The summed E-state index contributed by atoms with van der Waals surface area (Å²) < 4.78 is 22.1. The highest BCUT2D eigenvalue weighted by Gasteiger charge is 2.36. The van der Waals surface area contributed by atoms with E-state index in [2.05, 4.69) is 0 Å². The van der Waals surface area contributed by atoms with Gasteiger partial charge in [-0.05, 0) is 50.3 Å². The maximum absolute atomic E-state index is 12.8. The van der Waals surface area contributed by atoms with Gasteiger partial charge in [0.25, 0.3) is 0 Å². The van der Waals surface area contributed by atoms with Gasteiger partial charge in [-0.15, -0.1) is 0 Å². The van der Waals surface area contributed by atoms with Crippen molar-refractivity contribution in [1.82, 2.24) is 0 Å². The van der Waals surface area contributed by atoms with Gasteiger partial charge in [0.15, 0.2) is 11.5 Å². The molecule has 7 atom stereocenters. The normalized spacial score (nSPS) is 16.5. The van der Waals surface area contributed by atoms with Crippen molar-refractivity contribution in [2.45, 2.75) is 112 Å². The van der Waals surface area contributed by atoms with Crippen molar-refractivity contribution in [3.63, 3.8) is 0 Å². The van der Waals surface area contributed by atoms with E-state index in [1.807, 2.05) is 27.7 Å². The van der Waals surface area contributed by atoms with Gasteiger partial charge in [-0.2, -0.15) is 0 Å². The largest absolute Gasteiger partial charge is 0.508 e. The first-order chi connectivity index (χ1) is 19.1. The molecule has 10 nitrogen and oxygen atoms in total. The molecule has 0 aromatic heterocycles. The second-order valence-corrected chi connectivity index (χ2v) is 11.3. The van der Waals surface area contributed by atoms with Crippen molar-refractivity contribution in [2.75, 3.05) is 0 Å². The van der Waals surface area contributed by atoms with Crippen LogP contribution < -0.4 is 15.2 Å². The summed E-state index contributed by atoms with van der Waals surface area (Å²) >= 11 is 0. The Bertz CT molecular complexity index is 1020. The minimum atomic E-state index is -1.39. The molecule has 1 aromatic carbocycles. The van der Waals surface area contributed by atoms with Gasteiger partial charge in [0.05, 0.1) is 11.8 Å². The summed E-state index contributed by atoms with van der Waals surface area (Å²) in [5, 5.41) is 9.83. The Hall–Kier alpha value is -3.14. The Labute approximate surface area is 244 Å². The number of aliphatic carboxylic acids is 1. The number of carboxylic acids is 1. The molecule has 6 unspecified atom stereocenters. The van der Waals surface area contributed by atoms with Crippen LogP contribution in [0, 0.1) is 23.7 Å². The SMILES string of the molecule is CCCC(C)C(=O)Oc1ccc(C(C(C)C(C)OC(=O)OC(C)C(C)C)[C@H](N)C(=O)O)cc1OC(=O)C(C)CCC. The maximum Gasteiger partial charge on any atom is 0.508 e. The van der Waals surface area contributed by atoms with Crippen LogP contribution in [0.15, 0.2) is 18.2 Å². The highest BCUT2D eigenvalue weighted by atomic mass is 16.7. The second-order valence-electron chi connectivity index (χ2n) is 11.3. The molecular weight excluding hydrogens is 530 g/mol. The molecule has 0 aliphatic heterocycles. The zero-order chi connectivity index (χ0) is 31.4. The lowest BCUT2D eigenvalue weighted by molar-refractivity contribution is -0.141. The van der Waals surface area contributed by atoms with Crippen LogP contribution in [0.5, 0.6) is 11.5 Å². The molecule has 0 amide bonds. The zero-order valence-corrected chi connectivity index (χ0v) is 26.0. The van der Waals surface area contributed by atoms with Crippen molar-refractivity contribution in [1.29, 1.82) is 0 Å². The highest BCUT2D eigenvalue weighted by molar-refractivity contribution is 5.79. The number of nitrogens with two attached hydrogens (primary N) is 1. The summed E-state index contributed by atoms with van der Waals surface area (Å²) in [6.07, 6.45) is 0.785. The van der Waals surface area contributed by atoms with E-state index in [1.54, 1.807) is 40.7 Å². The lowest BCUT2D eigenvalue weighted by Crippen LogP contribution is -2.43. The lowest BCUT2D eigenvalue weighted by Gasteiger charge is -2.32. The van der Waals surface area contributed by atoms with Crippen LogP contribution in [0.1, 0.15) is 99.5 Å². The molecule has 0 fully saturated rings. The number of carboxylic acid groups (broad SMARTS) is 1. The molecule has 232 valence electrons. The van der Waals surface area contributed by atoms with Crippen LogP contribution in [0.25, 0.3) is 0 Å².